The van der Waals surface area contributed by atoms with E-state index in [4.69, 9.17) is 10.5 Å². The van der Waals surface area contributed by atoms with E-state index in [1.807, 2.05) is 60.7 Å². The Hall–Kier alpha value is -2.14. The second-order valence-electron chi connectivity index (χ2n) is 5.16. The van der Waals surface area contributed by atoms with Crippen molar-refractivity contribution >= 4 is 27.8 Å². The van der Waals surface area contributed by atoms with Crippen molar-refractivity contribution in [2.45, 2.75) is 18.4 Å². The Morgan fingerprint density at radius 2 is 1.57 bits per heavy atom. The van der Waals surface area contributed by atoms with E-state index in [1.165, 1.54) is 0 Å². The number of carbonyl (C=O) groups is 2. The van der Waals surface area contributed by atoms with E-state index in [9.17, 15) is 9.59 Å². The van der Waals surface area contributed by atoms with Gasteiger partial charge in [-0.05, 0) is 17.5 Å². The third-order valence-electron chi connectivity index (χ3n) is 3.58. The molecule has 1 amide bonds. The van der Waals surface area contributed by atoms with Crippen molar-refractivity contribution in [3.05, 3.63) is 71.8 Å². The monoisotopic (exact) mass is 375 g/mol. The van der Waals surface area contributed by atoms with Crippen LogP contribution in [0.2, 0.25) is 0 Å². The van der Waals surface area contributed by atoms with E-state index in [0.717, 1.165) is 11.1 Å². The average molecular weight is 376 g/mol. The largest absolute Gasteiger partial charge is 0.438 e. The highest BCUT2D eigenvalue weighted by atomic mass is 79.9. The summed E-state index contributed by atoms with van der Waals surface area (Å²) in [6.45, 7) is 0. The van der Waals surface area contributed by atoms with Crippen molar-refractivity contribution in [3.63, 3.8) is 0 Å². The molecule has 2 aromatic rings. The summed E-state index contributed by atoms with van der Waals surface area (Å²) >= 11 is 3.15. The second-order valence-corrected chi connectivity index (χ2v) is 5.73. The summed E-state index contributed by atoms with van der Waals surface area (Å²) in [6.07, 6.45) is -1.30. The minimum Gasteiger partial charge on any atom is -0.438 e. The van der Waals surface area contributed by atoms with Gasteiger partial charge in [0, 0.05) is 5.92 Å². The third kappa shape index (κ3) is 4.93. The van der Waals surface area contributed by atoms with Crippen LogP contribution in [0.15, 0.2) is 60.7 Å². The number of nitrogens with two attached hydrogens (primary N) is 1. The number of primary amides is 1. The maximum Gasteiger partial charge on any atom is 0.405 e. The SMILES string of the molecule is NC(=O)O[C@H](C(=O)CBr)C(Cc1ccccc1)c1ccccc1. The smallest absolute Gasteiger partial charge is 0.405 e. The van der Waals surface area contributed by atoms with Crippen molar-refractivity contribution in [1.82, 2.24) is 0 Å². The van der Waals surface area contributed by atoms with Gasteiger partial charge in [0.05, 0.1) is 5.33 Å². The molecule has 2 atom stereocenters. The zero-order valence-corrected chi connectivity index (χ0v) is 14.1. The Morgan fingerprint density at radius 1 is 1.00 bits per heavy atom. The molecule has 0 aliphatic carbocycles. The maximum absolute atomic E-state index is 12.3. The maximum atomic E-state index is 12.3. The number of alkyl halides is 1. The van der Waals surface area contributed by atoms with Gasteiger partial charge in [0.25, 0.3) is 0 Å². The highest BCUT2D eigenvalue weighted by Gasteiger charge is 2.32. The first-order valence-electron chi connectivity index (χ1n) is 7.25. The first-order valence-corrected chi connectivity index (χ1v) is 8.37. The zero-order valence-electron chi connectivity index (χ0n) is 12.5. The normalized spacial score (nSPS) is 13.1. The van der Waals surface area contributed by atoms with Crippen LogP contribution in [0, 0.1) is 0 Å². The van der Waals surface area contributed by atoms with Gasteiger partial charge in [-0.2, -0.15) is 0 Å². The highest BCUT2D eigenvalue weighted by molar-refractivity contribution is 9.09. The van der Waals surface area contributed by atoms with Gasteiger partial charge in [-0.15, -0.1) is 0 Å². The molecule has 0 spiro atoms. The van der Waals surface area contributed by atoms with E-state index in [2.05, 4.69) is 15.9 Å². The van der Waals surface area contributed by atoms with Crippen LogP contribution in [-0.4, -0.2) is 23.3 Å². The Kier molecular flexibility index (Phi) is 6.35. The number of hydrogen-bond donors (Lipinski definition) is 1. The molecule has 0 radical (unpaired) electrons. The summed E-state index contributed by atoms with van der Waals surface area (Å²) in [5.74, 6) is -0.510. The molecule has 23 heavy (non-hydrogen) atoms. The fourth-order valence-corrected chi connectivity index (χ4v) is 2.86. The van der Waals surface area contributed by atoms with Crippen molar-refractivity contribution < 1.29 is 14.3 Å². The number of ether oxygens (including phenoxy) is 1. The van der Waals surface area contributed by atoms with E-state index >= 15 is 0 Å². The molecule has 0 aliphatic heterocycles. The number of halogens is 1. The van der Waals surface area contributed by atoms with Crippen LogP contribution in [0.4, 0.5) is 4.79 Å². The van der Waals surface area contributed by atoms with E-state index in [0.29, 0.717) is 6.42 Å². The van der Waals surface area contributed by atoms with Gasteiger partial charge in [0.1, 0.15) is 0 Å². The molecule has 2 rings (SSSR count). The Labute approximate surface area is 143 Å². The van der Waals surface area contributed by atoms with E-state index in [1.54, 1.807) is 0 Å². The van der Waals surface area contributed by atoms with Crippen LogP contribution in [-0.2, 0) is 16.0 Å². The number of hydrogen-bond acceptors (Lipinski definition) is 3. The highest BCUT2D eigenvalue weighted by Crippen LogP contribution is 2.27. The van der Waals surface area contributed by atoms with Gasteiger partial charge < -0.3 is 10.5 Å². The van der Waals surface area contributed by atoms with Crippen molar-refractivity contribution in [1.29, 1.82) is 0 Å². The lowest BCUT2D eigenvalue weighted by Gasteiger charge is -2.25. The molecule has 0 fully saturated rings. The topological polar surface area (TPSA) is 69.4 Å². The average Bonchev–Trinajstić information content (AvgIpc) is 2.58. The zero-order chi connectivity index (χ0) is 16.7. The van der Waals surface area contributed by atoms with Crippen LogP contribution in [0.5, 0.6) is 0 Å². The van der Waals surface area contributed by atoms with Gasteiger partial charge in [0.15, 0.2) is 11.9 Å². The van der Waals surface area contributed by atoms with Crippen molar-refractivity contribution in [3.8, 4) is 0 Å². The summed E-state index contributed by atoms with van der Waals surface area (Å²) in [6, 6.07) is 19.3. The molecule has 4 nitrogen and oxygen atoms in total. The standard InChI is InChI=1S/C18H18BrNO3/c19-12-16(21)17(23-18(20)22)15(14-9-5-2-6-10-14)11-13-7-3-1-4-8-13/h1-10,15,17H,11-12H2,(H2,20,22)/t15?,17-/m0/s1. The molecule has 1 unspecified atom stereocenters. The fourth-order valence-electron chi connectivity index (χ4n) is 2.54. The van der Waals surface area contributed by atoms with E-state index < -0.39 is 12.2 Å². The molecule has 0 saturated carbocycles. The lowest BCUT2D eigenvalue weighted by Crippen LogP contribution is -2.37. The van der Waals surface area contributed by atoms with Crippen LogP contribution in [0.25, 0.3) is 0 Å². The van der Waals surface area contributed by atoms with Gasteiger partial charge in [-0.1, -0.05) is 76.6 Å². The quantitative estimate of drug-likeness (QED) is 0.753. The molecule has 2 N–H and O–H groups in total. The van der Waals surface area contributed by atoms with Crippen LogP contribution >= 0.6 is 15.9 Å². The van der Waals surface area contributed by atoms with Crippen molar-refractivity contribution in [2.75, 3.05) is 5.33 Å². The predicted molar refractivity (Wildman–Crippen MR) is 92.6 cm³/mol. The number of benzene rings is 2. The molecule has 0 heterocycles. The molecule has 0 aliphatic rings. The molecule has 0 aromatic heterocycles. The molecule has 2 aromatic carbocycles. The first-order chi connectivity index (χ1) is 11.1. The summed E-state index contributed by atoms with van der Waals surface area (Å²) in [5, 5.41) is 0.100. The summed E-state index contributed by atoms with van der Waals surface area (Å²) in [4.78, 5) is 23.5. The molecular weight excluding hydrogens is 358 g/mol. The predicted octanol–water partition coefficient (Wildman–Crippen LogP) is 3.44. The second kappa shape index (κ2) is 8.48. The molecule has 5 heteroatoms. The number of Topliss-reactive ketones (excluding diaryl/α,β-unsaturated/α-hetero) is 1. The van der Waals surface area contributed by atoms with Crippen LogP contribution in [0.1, 0.15) is 17.0 Å². The molecular formula is C18H18BrNO3. The van der Waals surface area contributed by atoms with Crippen molar-refractivity contribution in [2.24, 2.45) is 5.73 Å². The number of amides is 1. The third-order valence-corrected chi connectivity index (χ3v) is 4.14. The minimum absolute atomic E-state index is 0.100. The Bertz CT molecular complexity index is 646. The fraction of sp³-hybridized carbons (Fsp3) is 0.222. The molecule has 0 saturated heterocycles. The lowest BCUT2D eigenvalue weighted by molar-refractivity contribution is -0.125. The number of rotatable bonds is 7. The van der Waals surface area contributed by atoms with Crippen LogP contribution in [0.3, 0.4) is 0 Å². The Balaban J connectivity index is 2.37. The van der Waals surface area contributed by atoms with Gasteiger partial charge in [-0.3, -0.25) is 4.79 Å². The summed E-state index contributed by atoms with van der Waals surface area (Å²) < 4.78 is 5.15. The van der Waals surface area contributed by atoms with Gasteiger partial charge in [-0.25, -0.2) is 4.79 Å². The van der Waals surface area contributed by atoms with Gasteiger partial charge in [0.2, 0.25) is 0 Å². The lowest BCUT2D eigenvalue weighted by atomic mass is 9.86. The van der Waals surface area contributed by atoms with Crippen LogP contribution < -0.4 is 5.73 Å². The van der Waals surface area contributed by atoms with Gasteiger partial charge >= 0.3 is 6.09 Å². The molecule has 0 bridgehead atoms. The Morgan fingerprint density at radius 3 is 2.09 bits per heavy atom. The summed E-state index contributed by atoms with van der Waals surface area (Å²) in [7, 11) is 0. The molecule has 120 valence electrons. The minimum atomic E-state index is -0.946. The number of carbonyl (C=O) groups excluding carboxylic acids is 2. The summed E-state index contributed by atoms with van der Waals surface area (Å²) in [5.41, 5.74) is 7.15. The van der Waals surface area contributed by atoms with E-state index in [-0.39, 0.29) is 17.0 Å². The first kappa shape index (κ1) is 17.2. The number of ketones is 1.